The van der Waals surface area contributed by atoms with Crippen LogP contribution in [0.3, 0.4) is 0 Å². The minimum Gasteiger partial charge on any atom is -0.497 e. The molecule has 0 radical (unpaired) electrons. The molecule has 0 bridgehead atoms. The number of hydrogen-bond acceptors (Lipinski definition) is 4. The Morgan fingerprint density at radius 2 is 1.93 bits per heavy atom. The normalized spacial score (nSPS) is 13.6. The van der Waals surface area contributed by atoms with E-state index in [9.17, 15) is 4.79 Å². The van der Waals surface area contributed by atoms with E-state index < -0.39 is 0 Å². The van der Waals surface area contributed by atoms with Crippen molar-refractivity contribution in [3.8, 4) is 17.1 Å². The van der Waals surface area contributed by atoms with E-state index in [0.717, 1.165) is 28.1 Å². The van der Waals surface area contributed by atoms with Gasteiger partial charge in [-0.2, -0.15) is 0 Å². The molecule has 1 aliphatic rings. The lowest BCUT2D eigenvalue weighted by Gasteiger charge is -2.25. The Morgan fingerprint density at radius 1 is 1.18 bits per heavy atom. The molecular formula is C22H19ClN2O3. The first-order valence-electron chi connectivity index (χ1n) is 8.98. The van der Waals surface area contributed by atoms with Crippen LogP contribution in [0.4, 0.5) is 0 Å². The van der Waals surface area contributed by atoms with Gasteiger partial charge in [-0.05, 0) is 48.0 Å². The fraction of sp³-hybridized carbons (Fsp3) is 0.182. The highest BCUT2D eigenvalue weighted by Gasteiger charge is 2.26. The van der Waals surface area contributed by atoms with Gasteiger partial charge >= 0.3 is 0 Å². The van der Waals surface area contributed by atoms with Gasteiger partial charge in [-0.3, -0.25) is 4.79 Å². The van der Waals surface area contributed by atoms with Crippen LogP contribution < -0.4 is 4.74 Å². The first kappa shape index (κ1) is 18.3. The van der Waals surface area contributed by atoms with Gasteiger partial charge in [0.25, 0.3) is 0 Å². The van der Waals surface area contributed by atoms with Crippen LogP contribution in [-0.4, -0.2) is 29.6 Å². The zero-order valence-corrected chi connectivity index (χ0v) is 16.1. The van der Waals surface area contributed by atoms with E-state index >= 15 is 0 Å². The van der Waals surface area contributed by atoms with Gasteiger partial charge in [0.1, 0.15) is 5.75 Å². The van der Waals surface area contributed by atoms with E-state index in [1.807, 2.05) is 54.6 Å². The van der Waals surface area contributed by atoms with Crippen LogP contribution in [0.1, 0.15) is 16.8 Å². The van der Waals surface area contributed by atoms with Crippen molar-refractivity contribution in [2.24, 2.45) is 0 Å². The SMILES string of the molecule is COc1ccc(/C=C/C(=O)N2CCc3noc(-c4ccc(Cl)cc4)c3C2)cc1. The topological polar surface area (TPSA) is 55.6 Å². The molecule has 0 N–H and O–H groups in total. The minimum atomic E-state index is -0.0373. The van der Waals surface area contributed by atoms with Crippen molar-refractivity contribution in [3.63, 3.8) is 0 Å². The molecule has 0 aliphatic carbocycles. The van der Waals surface area contributed by atoms with Gasteiger partial charge in [0, 0.05) is 35.2 Å². The quantitative estimate of drug-likeness (QED) is 0.607. The monoisotopic (exact) mass is 394 g/mol. The smallest absolute Gasteiger partial charge is 0.246 e. The molecule has 0 saturated heterocycles. The average Bonchev–Trinajstić information content (AvgIpc) is 3.16. The molecule has 1 amide bonds. The number of rotatable bonds is 4. The summed E-state index contributed by atoms with van der Waals surface area (Å²) in [5, 5.41) is 4.85. The van der Waals surface area contributed by atoms with Gasteiger partial charge in [-0.15, -0.1) is 0 Å². The van der Waals surface area contributed by atoms with Crippen molar-refractivity contribution in [3.05, 3.63) is 76.5 Å². The second-order valence-electron chi connectivity index (χ2n) is 6.56. The molecule has 1 aliphatic heterocycles. The third kappa shape index (κ3) is 3.80. The van der Waals surface area contributed by atoms with Gasteiger partial charge < -0.3 is 14.2 Å². The number of amides is 1. The summed E-state index contributed by atoms with van der Waals surface area (Å²) < 4.78 is 10.7. The molecule has 142 valence electrons. The highest BCUT2D eigenvalue weighted by molar-refractivity contribution is 6.30. The summed E-state index contributed by atoms with van der Waals surface area (Å²) in [5.41, 5.74) is 3.72. The highest BCUT2D eigenvalue weighted by Crippen LogP contribution is 2.31. The molecule has 0 unspecified atom stereocenters. The maximum Gasteiger partial charge on any atom is 0.246 e. The first-order valence-corrected chi connectivity index (χ1v) is 9.36. The number of nitrogens with zero attached hydrogens (tertiary/aromatic N) is 2. The van der Waals surface area contributed by atoms with Crippen LogP contribution in [0.15, 0.2) is 59.1 Å². The van der Waals surface area contributed by atoms with Crippen LogP contribution in [0, 0.1) is 0 Å². The van der Waals surface area contributed by atoms with Crippen molar-refractivity contribution < 1.29 is 14.1 Å². The fourth-order valence-corrected chi connectivity index (χ4v) is 3.34. The second kappa shape index (κ2) is 7.90. The van der Waals surface area contributed by atoms with E-state index in [2.05, 4.69) is 5.16 Å². The molecule has 2 heterocycles. The number of hydrogen-bond donors (Lipinski definition) is 0. The Morgan fingerprint density at radius 3 is 2.64 bits per heavy atom. The van der Waals surface area contributed by atoms with Gasteiger partial charge in [-0.25, -0.2) is 0 Å². The minimum absolute atomic E-state index is 0.0373. The molecule has 3 aromatic rings. The molecule has 5 nitrogen and oxygen atoms in total. The molecule has 2 aromatic carbocycles. The van der Waals surface area contributed by atoms with Crippen molar-refractivity contribution >= 4 is 23.6 Å². The van der Waals surface area contributed by atoms with E-state index in [4.69, 9.17) is 20.9 Å². The molecular weight excluding hydrogens is 376 g/mol. The summed E-state index contributed by atoms with van der Waals surface area (Å²) in [4.78, 5) is 14.5. The number of carbonyl (C=O) groups is 1. The number of halogens is 1. The number of carbonyl (C=O) groups excluding carboxylic acids is 1. The maximum atomic E-state index is 12.7. The Labute approximate surface area is 168 Å². The summed E-state index contributed by atoms with van der Waals surface area (Å²) in [7, 11) is 1.63. The summed E-state index contributed by atoms with van der Waals surface area (Å²) in [6.07, 6.45) is 4.09. The number of benzene rings is 2. The molecule has 0 spiro atoms. The molecule has 0 atom stereocenters. The third-order valence-electron chi connectivity index (χ3n) is 4.79. The standard InChI is InChI=1S/C22H19ClN2O3/c1-27-18-9-2-15(3-10-18)4-11-21(26)25-13-12-20-19(14-25)22(28-24-20)16-5-7-17(23)8-6-16/h2-11H,12-14H2,1H3/b11-4+. The molecule has 1 aromatic heterocycles. The Bertz CT molecular complexity index is 1010. The highest BCUT2D eigenvalue weighted by atomic mass is 35.5. The number of aromatic nitrogens is 1. The molecule has 0 saturated carbocycles. The Kier molecular flexibility index (Phi) is 5.17. The predicted octanol–water partition coefficient (Wildman–Crippen LogP) is 4.60. The third-order valence-corrected chi connectivity index (χ3v) is 5.04. The largest absolute Gasteiger partial charge is 0.497 e. The van der Waals surface area contributed by atoms with Gasteiger partial charge in [0.05, 0.1) is 19.3 Å². The molecule has 28 heavy (non-hydrogen) atoms. The lowest BCUT2D eigenvalue weighted by atomic mass is 10.0. The van der Waals surface area contributed by atoms with Crippen LogP contribution in [0.2, 0.25) is 5.02 Å². The van der Waals surface area contributed by atoms with Gasteiger partial charge in [0.15, 0.2) is 5.76 Å². The van der Waals surface area contributed by atoms with Crippen molar-refractivity contribution in [1.29, 1.82) is 0 Å². The first-order chi connectivity index (χ1) is 13.6. The van der Waals surface area contributed by atoms with E-state index in [-0.39, 0.29) is 5.91 Å². The van der Waals surface area contributed by atoms with Crippen molar-refractivity contribution in [2.45, 2.75) is 13.0 Å². The lowest BCUT2D eigenvalue weighted by molar-refractivity contribution is -0.126. The van der Waals surface area contributed by atoms with Crippen LogP contribution in [-0.2, 0) is 17.8 Å². The van der Waals surface area contributed by atoms with E-state index in [1.54, 1.807) is 18.1 Å². The van der Waals surface area contributed by atoms with E-state index in [0.29, 0.717) is 30.3 Å². The summed E-state index contributed by atoms with van der Waals surface area (Å²) in [5.74, 6) is 1.45. The second-order valence-corrected chi connectivity index (χ2v) is 7.00. The molecule has 0 fully saturated rings. The van der Waals surface area contributed by atoms with Crippen molar-refractivity contribution in [1.82, 2.24) is 10.1 Å². The molecule has 6 heteroatoms. The Hall–Kier alpha value is -3.05. The van der Waals surface area contributed by atoms with Crippen molar-refractivity contribution in [2.75, 3.05) is 13.7 Å². The zero-order chi connectivity index (χ0) is 19.5. The van der Waals surface area contributed by atoms with Crippen LogP contribution in [0.25, 0.3) is 17.4 Å². The summed E-state index contributed by atoms with van der Waals surface area (Å²) >= 11 is 5.97. The number of methoxy groups -OCH3 is 1. The average molecular weight is 395 g/mol. The number of ether oxygens (including phenoxy) is 1. The number of fused-ring (bicyclic) bond motifs is 1. The van der Waals surface area contributed by atoms with E-state index in [1.165, 1.54) is 0 Å². The van der Waals surface area contributed by atoms with Gasteiger partial charge in [-0.1, -0.05) is 28.9 Å². The summed E-state index contributed by atoms with van der Waals surface area (Å²) in [6.45, 7) is 1.09. The maximum absolute atomic E-state index is 12.7. The fourth-order valence-electron chi connectivity index (χ4n) is 3.22. The van der Waals surface area contributed by atoms with Gasteiger partial charge in [0.2, 0.25) is 5.91 Å². The predicted molar refractivity (Wildman–Crippen MR) is 108 cm³/mol. The molecule has 4 rings (SSSR count). The van der Waals surface area contributed by atoms with Crippen LogP contribution >= 0.6 is 11.6 Å². The zero-order valence-electron chi connectivity index (χ0n) is 15.4. The summed E-state index contributed by atoms with van der Waals surface area (Å²) in [6, 6.07) is 15.0. The lowest BCUT2D eigenvalue weighted by Crippen LogP contribution is -2.34. The van der Waals surface area contributed by atoms with Crippen LogP contribution in [0.5, 0.6) is 5.75 Å². The Balaban J connectivity index is 1.50.